The molecule has 0 saturated carbocycles. The Kier molecular flexibility index (Phi) is 3.27. The van der Waals surface area contributed by atoms with E-state index < -0.39 is 0 Å². The third-order valence-electron chi connectivity index (χ3n) is 2.75. The average Bonchev–Trinajstić information content (AvgIpc) is 2.74. The molecule has 17 heavy (non-hydrogen) atoms. The van der Waals surface area contributed by atoms with Crippen LogP contribution in [0.25, 0.3) is 0 Å². The fraction of sp³-hybridized carbons (Fsp3) is 0.333. The van der Waals surface area contributed by atoms with E-state index in [2.05, 4.69) is 16.0 Å². The van der Waals surface area contributed by atoms with Crippen LogP contribution in [0.1, 0.15) is 16.8 Å². The molecule has 5 nitrogen and oxygen atoms in total. The molecule has 1 atom stereocenters. The van der Waals surface area contributed by atoms with Gasteiger partial charge in [-0.1, -0.05) is 12.1 Å². The van der Waals surface area contributed by atoms with Crippen LogP contribution in [0.3, 0.4) is 0 Å². The van der Waals surface area contributed by atoms with Gasteiger partial charge >= 0.3 is 0 Å². The molecule has 1 heterocycles. The summed E-state index contributed by atoms with van der Waals surface area (Å²) < 4.78 is 0. The van der Waals surface area contributed by atoms with Gasteiger partial charge in [0.25, 0.3) is 5.91 Å². The van der Waals surface area contributed by atoms with Crippen molar-refractivity contribution >= 4 is 17.5 Å². The Labute approximate surface area is 99.6 Å². The van der Waals surface area contributed by atoms with E-state index >= 15 is 0 Å². The molecular weight excluding hydrogens is 218 g/mol. The third kappa shape index (κ3) is 2.55. The molecule has 5 heteroatoms. The van der Waals surface area contributed by atoms with E-state index in [1.165, 1.54) is 0 Å². The molecule has 90 valence electrons. The molecule has 1 unspecified atom stereocenters. The van der Waals surface area contributed by atoms with E-state index in [-0.39, 0.29) is 17.9 Å². The van der Waals surface area contributed by atoms with E-state index in [1.54, 1.807) is 13.1 Å². The summed E-state index contributed by atoms with van der Waals surface area (Å²) in [5.41, 5.74) is 1.37. The van der Waals surface area contributed by atoms with Crippen LogP contribution < -0.4 is 16.0 Å². The zero-order chi connectivity index (χ0) is 12.3. The number of rotatable bonds is 3. The van der Waals surface area contributed by atoms with Crippen LogP contribution in [-0.2, 0) is 4.79 Å². The molecule has 1 aliphatic rings. The van der Waals surface area contributed by atoms with Crippen LogP contribution in [0.15, 0.2) is 24.3 Å². The average molecular weight is 233 g/mol. The number of amides is 2. The molecule has 0 bridgehead atoms. The van der Waals surface area contributed by atoms with Crippen molar-refractivity contribution < 1.29 is 9.59 Å². The van der Waals surface area contributed by atoms with Crippen molar-refractivity contribution in [2.24, 2.45) is 0 Å². The van der Waals surface area contributed by atoms with Crippen LogP contribution in [0.4, 0.5) is 5.69 Å². The van der Waals surface area contributed by atoms with E-state index in [1.807, 2.05) is 18.2 Å². The third-order valence-corrected chi connectivity index (χ3v) is 2.75. The Morgan fingerprint density at radius 1 is 1.41 bits per heavy atom. The number of anilines is 1. The van der Waals surface area contributed by atoms with Crippen molar-refractivity contribution in [1.82, 2.24) is 10.6 Å². The number of carbonyl (C=O) groups is 2. The maximum atomic E-state index is 12.0. The topological polar surface area (TPSA) is 70.2 Å². The first-order valence-corrected chi connectivity index (χ1v) is 5.55. The van der Waals surface area contributed by atoms with Crippen molar-refractivity contribution in [3.8, 4) is 0 Å². The monoisotopic (exact) mass is 233 g/mol. The van der Waals surface area contributed by atoms with Crippen LogP contribution >= 0.6 is 0 Å². The second-order valence-corrected chi connectivity index (χ2v) is 3.97. The highest BCUT2D eigenvalue weighted by molar-refractivity contribution is 6.00. The fourth-order valence-electron chi connectivity index (χ4n) is 1.87. The summed E-state index contributed by atoms with van der Waals surface area (Å²) in [6.45, 7) is 0.506. The highest BCUT2D eigenvalue weighted by Gasteiger charge is 2.23. The number of hydrogen-bond donors (Lipinski definition) is 3. The normalized spacial score (nSPS) is 18.6. The van der Waals surface area contributed by atoms with E-state index in [4.69, 9.17) is 0 Å². The van der Waals surface area contributed by atoms with Crippen LogP contribution in [0.5, 0.6) is 0 Å². The number of benzene rings is 1. The minimum atomic E-state index is -0.156. The minimum Gasteiger partial charge on any atom is -0.387 e. The summed E-state index contributed by atoms with van der Waals surface area (Å²) >= 11 is 0. The molecule has 1 saturated heterocycles. The SMILES string of the molecule is CNc1ccccc1C(=O)NC1CNC(=O)C1. The first kappa shape index (κ1) is 11.4. The molecule has 2 rings (SSSR count). The molecule has 0 spiro atoms. The molecule has 0 radical (unpaired) electrons. The largest absolute Gasteiger partial charge is 0.387 e. The van der Waals surface area contributed by atoms with Gasteiger partial charge in [-0.15, -0.1) is 0 Å². The van der Waals surface area contributed by atoms with E-state index in [0.717, 1.165) is 5.69 Å². The number of hydrogen-bond acceptors (Lipinski definition) is 3. The first-order chi connectivity index (χ1) is 8.20. The van der Waals surface area contributed by atoms with Crippen LogP contribution in [-0.4, -0.2) is 31.4 Å². The number of para-hydroxylation sites is 1. The molecule has 1 aromatic rings. The first-order valence-electron chi connectivity index (χ1n) is 5.55. The second-order valence-electron chi connectivity index (χ2n) is 3.97. The van der Waals surface area contributed by atoms with Crippen molar-refractivity contribution in [2.75, 3.05) is 18.9 Å². The molecule has 0 aliphatic carbocycles. The van der Waals surface area contributed by atoms with Crippen LogP contribution in [0, 0.1) is 0 Å². The maximum absolute atomic E-state index is 12.0. The van der Waals surface area contributed by atoms with Gasteiger partial charge in [-0.2, -0.15) is 0 Å². The smallest absolute Gasteiger partial charge is 0.253 e. The van der Waals surface area contributed by atoms with E-state index in [0.29, 0.717) is 18.5 Å². The lowest BCUT2D eigenvalue weighted by Gasteiger charge is -2.13. The Balaban J connectivity index is 2.06. The van der Waals surface area contributed by atoms with Gasteiger partial charge in [0.1, 0.15) is 0 Å². The van der Waals surface area contributed by atoms with Gasteiger partial charge in [0.05, 0.1) is 11.6 Å². The summed E-state index contributed by atoms with van der Waals surface area (Å²) in [5.74, 6) is -0.173. The molecular formula is C12H15N3O2. The molecule has 0 aromatic heterocycles. The Morgan fingerprint density at radius 3 is 2.82 bits per heavy atom. The lowest BCUT2D eigenvalue weighted by molar-refractivity contribution is -0.119. The molecule has 1 aromatic carbocycles. The summed E-state index contributed by atoms with van der Waals surface area (Å²) in [7, 11) is 1.77. The standard InChI is InChI=1S/C12H15N3O2/c1-13-10-5-3-2-4-9(10)12(17)15-8-6-11(16)14-7-8/h2-5,8,13H,6-7H2,1H3,(H,14,16)(H,15,17). The Morgan fingerprint density at radius 2 is 2.18 bits per heavy atom. The Hall–Kier alpha value is -2.04. The molecule has 1 aliphatic heterocycles. The summed E-state index contributed by atoms with van der Waals surface area (Å²) in [4.78, 5) is 23.0. The lowest BCUT2D eigenvalue weighted by Crippen LogP contribution is -2.36. The summed E-state index contributed by atoms with van der Waals surface area (Å²) in [6, 6.07) is 7.16. The zero-order valence-electron chi connectivity index (χ0n) is 9.62. The highest BCUT2D eigenvalue weighted by Crippen LogP contribution is 2.14. The predicted molar refractivity (Wildman–Crippen MR) is 64.9 cm³/mol. The highest BCUT2D eigenvalue weighted by atomic mass is 16.2. The molecule has 3 N–H and O–H groups in total. The van der Waals surface area contributed by atoms with Gasteiger partial charge < -0.3 is 16.0 Å². The lowest BCUT2D eigenvalue weighted by atomic mass is 10.1. The van der Waals surface area contributed by atoms with Crippen molar-refractivity contribution in [1.29, 1.82) is 0 Å². The van der Waals surface area contributed by atoms with Crippen molar-refractivity contribution in [3.63, 3.8) is 0 Å². The Bertz CT molecular complexity index is 445. The number of nitrogens with one attached hydrogen (secondary N) is 3. The van der Waals surface area contributed by atoms with E-state index in [9.17, 15) is 9.59 Å². The maximum Gasteiger partial charge on any atom is 0.253 e. The molecule has 2 amide bonds. The van der Waals surface area contributed by atoms with Gasteiger partial charge in [0, 0.05) is 25.7 Å². The van der Waals surface area contributed by atoms with Crippen molar-refractivity contribution in [2.45, 2.75) is 12.5 Å². The van der Waals surface area contributed by atoms with Crippen molar-refractivity contribution in [3.05, 3.63) is 29.8 Å². The molecule has 1 fully saturated rings. The van der Waals surface area contributed by atoms with Gasteiger partial charge in [-0.3, -0.25) is 9.59 Å². The van der Waals surface area contributed by atoms with Crippen LogP contribution in [0.2, 0.25) is 0 Å². The minimum absolute atomic E-state index is 0.0165. The zero-order valence-corrected chi connectivity index (χ0v) is 9.62. The van der Waals surface area contributed by atoms with Gasteiger partial charge in [-0.05, 0) is 12.1 Å². The van der Waals surface area contributed by atoms with Gasteiger partial charge in [0.15, 0.2) is 0 Å². The second kappa shape index (κ2) is 4.86. The quantitative estimate of drug-likeness (QED) is 0.705. The predicted octanol–water partition coefficient (Wildman–Crippen LogP) is 0.347. The summed E-state index contributed by atoms with van der Waals surface area (Å²) in [5, 5.41) is 8.49. The van der Waals surface area contributed by atoms with Gasteiger partial charge in [-0.25, -0.2) is 0 Å². The van der Waals surface area contributed by atoms with Gasteiger partial charge in [0.2, 0.25) is 5.91 Å². The number of carbonyl (C=O) groups excluding carboxylic acids is 2. The summed E-state index contributed by atoms with van der Waals surface area (Å²) in [6.07, 6.45) is 0.355. The fourth-order valence-corrected chi connectivity index (χ4v) is 1.87.